The highest BCUT2D eigenvalue weighted by Crippen LogP contribution is 2.20. The third kappa shape index (κ3) is 4.32. The van der Waals surface area contributed by atoms with Crippen molar-refractivity contribution in [2.24, 2.45) is 0 Å². The minimum absolute atomic E-state index is 0.191. The number of anilines is 2. The van der Waals surface area contributed by atoms with Crippen LogP contribution in [0.4, 0.5) is 16.2 Å². The largest absolute Gasteiger partial charge is 0.447 e. The molecule has 6 heteroatoms. The van der Waals surface area contributed by atoms with E-state index in [0.29, 0.717) is 16.9 Å². The molecule has 0 spiro atoms. The minimum atomic E-state index is -0.543. The quantitative estimate of drug-likeness (QED) is 0.931. The van der Waals surface area contributed by atoms with Crippen LogP contribution >= 0.6 is 0 Å². The Balaban J connectivity index is 2.21. The summed E-state index contributed by atoms with van der Waals surface area (Å²) in [5.41, 5.74) is 2.55. The number of benzene rings is 1. The Morgan fingerprint density at radius 1 is 1.25 bits per heavy atom. The molecule has 2 amide bonds. The number of nitrogens with one attached hydrogen (secondary N) is 1. The smallest absolute Gasteiger partial charge is 0.411 e. The highest BCUT2D eigenvalue weighted by molar-refractivity contribution is 6.06. The first-order valence-corrected chi connectivity index (χ1v) is 7.65. The number of rotatable bonds is 4. The van der Waals surface area contributed by atoms with E-state index in [1.165, 1.54) is 4.90 Å². The van der Waals surface area contributed by atoms with Gasteiger partial charge in [-0.05, 0) is 50.6 Å². The van der Waals surface area contributed by atoms with Crippen molar-refractivity contribution < 1.29 is 14.3 Å². The summed E-state index contributed by atoms with van der Waals surface area (Å²) in [5.74, 6) is -0.191. The zero-order valence-electron chi connectivity index (χ0n) is 14.2. The van der Waals surface area contributed by atoms with Gasteiger partial charge >= 0.3 is 6.09 Å². The van der Waals surface area contributed by atoms with Crippen LogP contribution in [0.2, 0.25) is 0 Å². The van der Waals surface area contributed by atoms with E-state index in [9.17, 15) is 9.59 Å². The van der Waals surface area contributed by atoms with Gasteiger partial charge in [0.05, 0.1) is 18.0 Å². The molecule has 126 valence electrons. The number of carbonyl (C=O) groups excluding carboxylic acids is 2. The van der Waals surface area contributed by atoms with Crippen LogP contribution in [-0.4, -0.2) is 30.1 Å². The summed E-state index contributed by atoms with van der Waals surface area (Å²) in [5, 5.41) is 2.67. The molecule has 1 aromatic carbocycles. The van der Waals surface area contributed by atoms with E-state index in [2.05, 4.69) is 10.3 Å². The lowest BCUT2D eigenvalue weighted by atomic mass is 10.1. The number of ether oxygens (including phenoxy) is 1. The molecule has 0 fully saturated rings. The molecule has 0 saturated carbocycles. The van der Waals surface area contributed by atoms with Crippen molar-refractivity contribution in [2.45, 2.75) is 26.9 Å². The van der Waals surface area contributed by atoms with E-state index < -0.39 is 6.09 Å². The first kappa shape index (κ1) is 17.5. The normalized spacial score (nSPS) is 10.4. The molecule has 0 bridgehead atoms. The van der Waals surface area contributed by atoms with Crippen LogP contribution in [0.1, 0.15) is 29.8 Å². The Hall–Kier alpha value is -2.89. The van der Waals surface area contributed by atoms with E-state index in [1.54, 1.807) is 63.6 Å². The van der Waals surface area contributed by atoms with Crippen molar-refractivity contribution in [3.8, 4) is 0 Å². The van der Waals surface area contributed by atoms with Gasteiger partial charge in [-0.3, -0.25) is 15.1 Å². The number of hydrogen-bond acceptors (Lipinski definition) is 4. The summed E-state index contributed by atoms with van der Waals surface area (Å²) in [6, 6.07) is 8.73. The van der Waals surface area contributed by atoms with Gasteiger partial charge in [0.25, 0.3) is 5.91 Å². The van der Waals surface area contributed by atoms with Crippen LogP contribution in [0.25, 0.3) is 0 Å². The predicted octanol–water partition coefficient (Wildman–Crippen LogP) is 3.62. The van der Waals surface area contributed by atoms with E-state index >= 15 is 0 Å². The molecule has 1 aromatic heterocycles. The lowest BCUT2D eigenvalue weighted by Crippen LogP contribution is -2.26. The van der Waals surface area contributed by atoms with Crippen LogP contribution in [0.15, 0.2) is 42.7 Å². The fraction of sp³-hybridized carbons (Fsp3) is 0.278. The van der Waals surface area contributed by atoms with Crippen molar-refractivity contribution in [1.29, 1.82) is 0 Å². The first-order chi connectivity index (χ1) is 11.4. The summed E-state index contributed by atoms with van der Waals surface area (Å²) < 4.78 is 5.07. The van der Waals surface area contributed by atoms with Gasteiger partial charge < -0.3 is 9.64 Å². The summed E-state index contributed by atoms with van der Waals surface area (Å²) in [7, 11) is 1.68. The Morgan fingerprint density at radius 2 is 2.00 bits per heavy atom. The second kappa shape index (κ2) is 7.59. The molecular formula is C18H21N3O3. The molecule has 24 heavy (non-hydrogen) atoms. The first-order valence-electron chi connectivity index (χ1n) is 7.65. The molecular weight excluding hydrogens is 306 g/mol. The molecule has 0 radical (unpaired) electrons. The third-order valence-electron chi connectivity index (χ3n) is 3.40. The number of hydrogen-bond donors (Lipinski definition) is 1. The summed E-state index contributed by atoms with van der Waals surface area (Å²) >= 11 is 0. The van der Waals surface area contributed by atoms with E-state index in [-0.39, 0.29) is 12.0 Å². The summed E-state index contributed by atoms with van der Waals surface area (Å²) in [4.78, 5) is 29.9. The van der Waals surface area contributed by atoms with Gasteiger partial charge in [0.2, 0.25) is 0 Å². The van der Waals surface area contributed by atoms with Gasteiger partial charge in [0.1, 0.15) is 0 Å². The molecule has 2 rings (SSSR count). The van der Waals surface area contributed by atoms with Gasteiger partial charge in [-0.15, -0.1) is 0 Å². The Kier molecular flexibility index (Phi) is 5.52. The second-order valence-electron chi connectivity index (χ2n) is 5.68. The van der Waals surface area contributed by atoms with Crippen LogP contribution in [0.3, 0.4) is 0 Å². The zero-order valence-corrected chi connectivity index (χ0v) is 14.2. The fourth-order valence-electron chi connectivity index (χ4n) is 2.11. The van der Waals surface area contributed by atoms with Crippen LogP contribution in [0, 0.1) is 6.92 Å². The monoisotopic (exact) mass is 327 g/mol. The topological polar surface area (TPSA) is 71.5 Å². The predicted molar refractivity (Wildman–Crippen MR) is 93.4 cm³/mol. The third-order valence-corrected chi connectivity index (χ3v) is 3.40. The number of carbonyl (C=O) groups is 2. The molecule has 0 aliphatic carbocycles. The summed E-state index contributed by atoms with van der Waals surface area (Å²) in [6.07, 6.45) is 2.51. The highest BCUT2D eigenvalue weighted by Gasteiger charge is 2.16. The van der Waals surface area contributed by atoms with E-state index in [1.807, 2.05) is 6.92 Å². The van der Waals surface area contributed by atoms with Crippen LogP contribution in [0.5, 0.6) is 0 Å². The number of pyridine rings is 1. The average molecular weight is 327 g/mol. The molecule has 0 atom stereocenters. The Bertz CT molecular complexity index is 730. The number of aryl methyl sites for hydroxylation is 1. The van der Waals surface area contributed by atoms with Crippen molar-refractivity contribution >= 4 is 23.4 Å². The number of aromatic nitrogens is 1. The molecule has 2 aromatic rings. The maximum atomic E-state index is 12.6. The van der Waals surface area contributed by atoms with Crippen molar-refractivity contribution in [1.82, 2.24) is 4.98 Å². The Labute approximate surface area is 141 Å². The van der Waals surface area contributed by atoms with Gasteiger partial charge in [0, 0.05) is 24.5 Å². The Morgan fingerprint density at radius 3 is 2.62 bits per heavy atom. The highest BCUT2D eigenvalue weighted by atomic mass is 16.6. The van der Waals surface area contributed by atoms with Crippen LogP contribution in [-0.2, 0) is 4.74 Å². The maximum Gasteiger partial charge on any atom is 0.411 e. The van der Waals surface area contributed by atoms with E-state index in [4.69, 9.17) is 4.74 Å². The molecule has 0 unspecified atom stereocenters. The average Bonchev–Trinajstić information content (AvgIpc) is 2.55. The van der Waals surface area contributed by atoms with Crippen molar-refractivity contribution in [2.75, 3.05) is 17.3 Å². The van der Waals surface area contributed by atoms with Crippen molar-refractivity contribution in [3.05, 3.63) is 53.9 Å². The van der Waals surface area contributed by atoms with Crippen LogP contribution < -0.4 is 10.2 Å². The molecule has 1 N–H and O–H groups in total. The lowest BCUT2D eigenvalue weighted by molar-refractivity contribution is 0.0992. The second-order valence-corrected chi connectivity index (χ2v) is 5.68. The van der Waals surface area contributed by atoms with Gasteiger partial charge in [0.15, 0.2) is 0 Å². The summed E-state index contributed by atoms with van der Waals surface area (Å²) in [6.45, 7) is 5.40. The maximum absolute atomic E-state index is 12.6. The van der Waals surface area contributed by atoms with Gasteiger partial charge in [-0.25, -0.2) is 4.79 Å². The molecule has 0 aliphatic heterocycles. The van der Waals surface area contributed by atoms with E-state index in [0.717, 1.165) is 5.56 Å². The molecule has 0 saturated heterocycles. The molecule has 0 aliphatic rings. The minimum Gasteiger partial charge on any atom is -0.447 e. The van der Waals surface area contributed by atoms with Gasteiger partial charge in [-0.2, -0.15) is 0 Å². The zero-order chi connectivity index (χ0) is 17.7. The fourth-order valence-corrected chi connectivity index (χ4v) is 2.11. The molecule has 1 heterocycles. The SMILES string of the molecule is Cc1ccc(C(=O)N(C)c2cccnc2)cc1NC(=O)OC(C)C. The van der Waals surface area contributed by atoms with Gasteiger partial charge in [-0.1, -0.05) is 6.07 Å². The number of amides is 2. The number of nitrogens with zero attached hydrogens (tertiary/aromatic N) is 2. The lowest BCUT2D eigenvalue weighted by Gasteiger charge is -2.18. The standard InChI is InChI=1S/C18H21N3O3/c1-12(2)24-18(23)20-16-10-14(8-7-13(16)3)17(22)21(4)15-6-5-9-19-11-15/h5-12H,1-4H3,(H,20,23). The molecule has 6 nitrogen and oxygen atoms in total. The van der Waals surface area contributed by atoms with Crippen molar-refractivity contribution in [3.63, 3.8) is 0 Å².